The Morgan fingerprint density at radius 1 is 0.760 bits per heavy atom. The Labute approximate surface area is 149 Å². The second kappa shape index (κ2) is 7.38. The van der Waals surface area contributed by atoms with Gasteiger partial charge in [-0.25, -0.2) is 16.8 Å². The Morgan fingerprint density at radius 2 is 1.20 bits per heavy atom. The summed E-state index contributed by atoms with van der Waals surface area (Å²) in [7, 11) is -14.8. The van der Waals surface area contributed by atoms with Crippen LogP contribution in [0.25, 0.3) is 0 Å². The Kier molecular flexibility index (Phi) is 6.35. The number of halogens is 2. The lowest BCUT2D eigenvalue weighted by Crippen LogP contribution is -2.35. The maximum Gasteiger partial charge on any atom is 0.335 e. The van der Waals surface area contributed by atoms with E-state index in [0.29, 0.717) is 5.56 Å². The Hall–Kier alpha value is -1.53. The molecule has 2 rings (SSSR count). The van der Waals surface area contributed by atoms with Gasteiger partial charge in [-0.2, -0.15) is 8.42 Å². The van der Waals surface area contributed by atoms with Gasteiger partial charge in [0, 0.05) is 5.02 Å². The number of nitrogens with one attached hydrogen (secondary N) is 1. The predicted molar refractivity (Wildman–Crippen MR) is 91.6 cm³/mol. The molecule has 0 fully saturated rings. The molecule has 0 saturated heterocycles. The first-order valence-electron chi connectivity index (χ1n) is 6.31. The van der Waals surface area contributed by atoms with Gasteiger partial charge in [0.2, 0.25) is 0 Å². The van der Waals surface area contributed by atoms with Crippen LogP contribution in [0.3, 0.4) is 0 Å². The Bertz CT molecular complexity index is 1060. The molecular weight excluding hydrogens is 417 g/mol. The van der Waals surface area contributed by atoms with Crippen LogP contribution in [0.15, 0.2) is 58.3 Å². The Morgan fingerprint density at radius 3 is 1.68 bits per heavy atom. The molecule has 0 aliphatic heterocycles. The summed E-state index contributed by atoms with van der Waals surface area (Å²) in [6.07, 6.45) is 0. The summed E-state index contributed by atoms with van der Waals surface area (Å²) in [4.78, 5) is -0.971. The minimum Gasteiger partial charge on any atom is -0.269 e. The molecule has 0 bridgehead atoms. The van der Waals surface area contributed by atoms with Crippen LogP contribution in [0.5, 0.6) is 0 Å². The van der Waals surface area contributed by atoms with Crippen LogP contribution < -0.4 is 4.13 Å². The molecule has 0 spiro atoms. The third-order valence-electron chi connectivity index (χ3n) is 2.93. The van der Waals surface area contributed by atoms with Crippen molar-refractivity contribution in [3.63, 3.8) is 0 Å². The van der Waals surface area contributed by atoms with Crippen molar-refractivity contribution < 1.29 is 30.0 Å². The van der Waals surface area contributed by atoms with E-state index < -0.39 is 37.7 Å². The monoisotopic (exact) mass is 429 g/mol. The summed E-state index contributed by atoms with van der Waals surface area (Å²) in [5.74, 6) is 0. The number of rotatable bonds is 5. The van der Waals surface area contributed by atoms with E-state index in [1.807, 2.05) is 0 Å². The Balaban J connectivity index is 0.00000312. The van der Waals surface area contributed by atoms with E-state index in [1.165, 1.54) is 28.4 Å². The van der Waals surface area contributed by atoms with Crippen LogP contribution in [-0.4, -0.2) is 25.3 Å². The summed E-state index contributed by atoms with van der Waals surface area (Å²) in [6.45, 7) is 1.69. The zero-order valence-electron chi connectivity index (χ0n) is 12.6. The number of benzene rings is 2. The van der Waals surface area contributed by atoms with Gasteiger partial charge in [0.1, 0.15) is 0 Å². The summed E-state index contributed by atoms with van der Waals surface area (Å²) in [5, 5.41) is 0.240. The van der Waals surface area contributed by atoms with E-state index in [-0.39, 0.29) is 9.73 Å². The van der Waals surface area contributed by atoms with Crippen molar-refractivity contribution in [3.8, 4) is 0 Å². The van der Waals surface area contributed by atoms with Gasteiger partial charge in [-0.3, -0.25) is 4.70 Å². The molecule has 0 heterocycles. The molecule has 0 unspecified atom stereocenters. The molecule has 2 aromatic rings. The first kappa shape index (κ1) is 21.5. The molecule has 0 radical (unpaired) electrons. The third kappa shape index (κ3) is 4.55. The standard InChI is InChI=1S/C13H12ClNO6S3.FH/c1-10-2-6-13(7-3-10)23(18,19)24(20,21)15-22(16,17)12-8-4-11(14)5-9-12;/h2-9,15H,1H3;1H. The number of hydrogen-bond donors (Lipinski definition) is 1. The lowest BCUT2D eigenvalue weighted by atomic mass is 10.2. The average Bonchev–Trinajstić information content (AvgIpc) is 2.47. The number of sulfonamides is 1. The molecule has 0 atom stereocenters. The van der Waals surface area contributed by atoms with Crippen molar-refractivity contribution >= 4 is 39.5 Å². The van der Waals surface area contributed by atoms with E-state index in [2.05, 4.69) is 0 Å². The third-order valence-corrected chi connectivity index (χ3v) is 10.1. The predicted octanol–water partition coefficient (Wildman–Crippen LogP) is 1.80. The summed E-state index contributed by atoms with van der Waals surface area (Å²) < 4.78 is 74.0. The molecule has 2 aromatic carbocycles. The van der Waals surface area contributed by atoms with Crippen molar-refractivity contribution in [1.29, 1.82) is 0 Å². The molecule has 1 N–H and O–H groups in total. The van der Waals surface area contributed by atoms with Gasteiger partial charge in [-0.05, 0) is 43.3 Å². The van der Waals surface area contributed by atoms with Gasteiger partial charge >= 0.3 is 9.06 Å². The van der Waals surface area contributed by atoms with Gasteiger partial charge in [-0.15, -0.1) is 0 Å². The van der Waals surface area contributed by atoms with Crippen LogP contribution in [-0.2, 0) is 27.9 Å². The molecule has 138 valence electrons. The van der Waals surface area contributed by atoms with E-state index in [4.69, 9.17) is 11.6 Å². The van der Waals surface area contributed by atoms with E-state index in [0.717, 1.165) is 24.3 Å². The average molecular weight is 430 g/mol. The molecule has 0 amide bonds. The smallest absolute Gasteiger partial charge is 0.269 e. The van der Waals surface area contributed by atoms with Crippen molar-refractivity contribution in [2.45, 2.75) is 16.7 Å². The second-order valence-corrected chi connectivity index (χ2v) is 12.3. The van der Waals surface area contributed by atoms with Gasteiger partial charge in [-0.1, -0.05) is 33.4 Å². The van der Waals surface area contributed by atoms with Gasteiger partial charge in [0.05, 0.1) is 9.79 Å². The van der Waals surface area contributed by atoms with E-state index in [1.54, 1.807) is 6.92 Å². The normalized spacial score (nSPS) is 12.4. The first-order chi connectivity index (χ1) is 11.0. The van der Waals surface area contributed by atoms with Crippen molar-refractivity contribution in [2.75, 3.05) is 0 Å². The quantitative estimate of drug-likeness (QED) is 0.725. The lowest BCUT2D eigenvalue weighted by molar-refractivity contribution is 0.572. The second-order valence-electron chi connectivity index (χ2n) is 4.76. The molecule has 0 aliphatic rings. The van der Waals surface area contributed by atoms with Gasteiger partial charge in [0.15, 0.2) is 0 Å². The lowest BCUT2D eigenvalue weighted by Gasteiger charge is -2.09. The van der Waals surface area contributed by atoms with Crippen molar-refractivity contribution in [1.82, 2.24) is 4.13 Å². The van der Waals surface area contributed by atoms with Crippen LogP contribution >= 0.6 is 11.6 Å². The topological polar surface area (TPSA) is 114 Å². The van der Waals surface area contributed by atoms with Crippen LogP contribution in [0.2, 0.25) is 5.02 Å². The van der Waals surface area contributed by atoms with Crippen LogP contribution in [0, 0.1) is 6.92 Å². The molecule has 12 heteroatoms. The molecule has 7 nitrogen and oxygen atoms in total. The number of hydrogen-bond acceptors (Lipinski definition) is 6. The molecule has 25 heavy (non-hydrogen) atoms. The molecule has 0 aromatic heterocycles. The summed E-state index contributed by atoms with van der Waals surface area (Å²) >= 11 is 5.63. The SMILES string of the molecule is Cc1ccc(S(=O)(=O)S(=O)(=O)NS(=O)(=O)c2ccc(Cl)cc2)cc1.F. The van der Waals surface area contributed by atoms with Gasteiger partial charge < -0.3 is 0 Å². The molecule has 0 saturated carbocycles. The van der Waals surface area contributed by atoms with Crippen molar-refractivity contribution in [3.05, 3.63) is 59.1 Å². The van der Waals surface area contributed by atoms with E-state index >= 15 is 0 Å². The fourth-order valence-corrected chi connectivity index (χ4v) is 7.54. The maximum atomic E-state index is 12.2. The minimum atomic E-state index is -5.24. The van der Waals surface area contributed by atoms with Crippen molar-refractivity contribution in [2.24, 2.45) is 0 Å². The molecule has 0 aliphatic carbocycles. The first-order valence-corrected chi connectivity index (χ1v) is 11.7. The highest BCUT2D eigenvalue weighted by Crippen LogP contribution is 2.20. The van der Waals surface area contributed by atoms with E-state index in [9.17, 15) is 25.3 Å². The summed E-state index contributed by atoms with van der Waals surface area (Å²) in [6, 6.07) is 9.54. The maximum absolute atomic E-state index is 12.2. The fourth-order valence-electron chi connectivity index (χ4n) is 1.67. The van der Waals surface area contributed by atoms with Crippen LogP contribution in [0.1, 0.15) is 5.56 Å². The highest BCUT2D eigenvalue weighted by Gasteiger charge is 2.36. The van der Waals surface area contributed by atoms with Gasteiger partial charge in [0.25, 0.3) is 18.9 Å². The minimum absolute atomic E-state index is 0. The fraction of sp³-hybridized carbons (Fsp3) is 0.0769. The highest BCUT2D eigenvalue weighted by atomic mass is 35.5. The zero-order valence-corrected chi connectivity index (χ0v) is 15.8. The highest BCUT2D eigenvalue weighted by molar-refractivity contribution is 8.67. The summed E-state index contributed by atoms with van der Waals surface area (Å²) in [5.41, 5.74) is 0.716. The van der Waals surface area contributed by atoms with Crippen LogP contribution in [0.4, 0.5) is 4.70 Å². The largest absolute Gasteiger partial charge is 0.335 e. The zero-order chi connectivity index (χ0) is 18.2. The number of aryl methyl sites for hydroxylation is 1. The molecular formula is C13H13ClFNO6S3.